The first-order valence-corrected chi connectivity index (χ1v) is 4.11. The predicted octanol–water partition coefficient (Wildman–Crippen LogP) is -0.0684. The van der Waals surface area contributed by atoms with Crippen LogP contribution < -0.4 is 5.32 Å². The second-order valence-electron chi connectivity index (χ2n) is 2.89. The van der Waals surface area contributed by atoms with Gasteiger partial charge in [-0.3, -0.25) is 9.59 Å². The van der Waals surface area contributed by atoms with Crippen molar-refractivity contribution in [3.05, 3.63) is 0 Å². The van der Waals surface area contributed by atoms with E-state index in [1.165, 1.54) is 0 Å². The topological polar surface area (TPSA) is 55.4 Å². The zero-order chi connectivity index (χ0) is 9.14. The highest BCUT2D eigenvalue weighted by molar-refractivity contribution is 5.88. The highest BCUT2D eigenvalue weighted by atomic mass is 16.5. The fraction of sp³-hybridized carbons (Fsp3) is 0.750. The fourth-order valence-electron chi connectivity index (χ4n) is 1.27. The number of ether oxygens (including phenoxy) is 1. The molecular weight excluding hydrogens is 158 g/mol. The Morgan fingerprint density at radius 1 is 1.75 bits per heavy atom. The van der Waals surface area contributed by atoms with Crippen molar-refractivity contribution in [3.8, 4) is 0 Å². The van der Waals surface area contributed by atoms with Crippen LogP contribution in [-0.2, 0) is 14.3 Å². The minimum atomic E-state index is -0.294. The van der Waals surface area contributed by atoms with Gasteiger partial charge in [-0.05, 0) is 6.92 Å². The molecule has 0 radical (unpaired) electrons. The minimum Gasteiger partial charge on any atom is -0.466 e. The van der Waals surface area contributed by atoms with Gasteiger partial charge in [-0.15, -0.1) is 0 Å². The summed E-state index contributed by atoms with van der Waals surface area (Å²) in [5.74, 6) is -0.877. The van der Waals surface area contributed by atoms with Crippen LogP contribution in [0.4, 0.5) is 0 Å². The van der Waals surface area contributed by atoms with E-state index in [2.05, 4.69) is 5.32 Å². The molecule has 0 aromatic rings. The summed E-state index contributed by atoms with van der Waals surface area (Å²) in [6.45, 7) is 4.28. The van der Waals surface area contributed by atoms with Crippen molar-refractivity contribution in [1.29, 1.82) is 0 Å². The molecule has 1 rings (SSSR count). The molecular formula is C8H13NO3. The van der Waals surface area contributed by atoms with Crippen molar-refractivity contribution < 1.29 is 14.3 Å². The molecule has 1 amide bonds. The van der Waals surface area contributed by atoms with E-state index in [1.54, 1.807) is 13.8 Å². The lowest BCUT2D eigenvalue weighted by molar-refractivity contribution is -0.149. The van der Waals surface area contributed by atoms with Gasteiger partial charge < -0.3 is 10.1 Å². The Morgan fingerprint density at radius 3 is 2.83 bits per heavy atom. The van der Waals surface area contributed by atoms with Gasteiger partial charge in [-0.2, -0.15) is 0 Å². The van der Waals surface area contributed by atoms with E-state index < -0.39 is 0 Å². The Labute approximate surface area is 71.3 Å². The SMILES string of the molecule is CCOC(=O)C1CNC(=O)C1C. The Hall–Kier alpha value is -1.06. The zero-order valence-electron chi connectivity index (χ0n) is 7.29. The molecule has 0 spiro atoms. The predicted molar refractivity (Wildman–Crippen MR) is 42.3 cm³/mol. The molecule has 68 valence electrons. The van der Waals surface area contributed by atoms with Crippen LogP contribution in [0, 0.1) is 11.8 Å². The molecule has 0 aliphatic carbocycles. The Kier molecular flexibility index (Phi) is 2.68. The van der Waals surface area contributed by atoms with E-state index >= 15 is 0 Å². The highest BCUT2D eigenvalue weighted by Gasteiger charge is 2.36. The van der Waals surface area contributed by atoms with Gasteiger partial charge in [0, 0.05) is 6.54 Å². The molecule has 2 atom stereocenters. The third kappa shape index (κ3) is 1.57. The van der Waals surface area contributed by atoms with Crippen LogP contribution in [0.5, 0.6) is 0 Å². The minimum absolute atomic E-state index is 0.0620. The summed E-state index contributed by atoms with van der Waals surface area (Å²) in [7, 11) is 0. The summed E-state index contributed by atoms with van der Waals surface area (Å²) < 4.78 is 4.81. The molecule has 1 saturated heterocycles. The van der Waals surface area contributed by atoms with Crippen LogP contribution in [0.1, 0.15) is 13.8 Å². The van der Waals surface area contributed by atoms with Crippen molar-refractivity contribution in [2.75, 3.05) is 13.2 Å². The molecule has 0 bridgehead atoms. The third-order valence-electron chi connectivity index (χ3n) is 2.10. The van der Waals surface area contributed by atoms with Crippen LogP contribution in [-0.4, -0.2) is 25.0 Å². The Bertz CT molecular complexity index is 202. The van der Waals surface area contributed by atoms with Gasteiger partial charge >= 0.3 is 5.97 Å². The first-order valence-electron chi connectivity index (χ1n) is 4.11. The molecule has 4 nitrogen and oxygen atoms in total. The van der Waals surface area contributed by atoms with Gasteiger partial charge in [0.25, 0.3) is 0 Å². The van der Waals surface area contributed by atoms with Crippen molar-refractivity contribution in [1.82, 2.24) is 5.32 Å². The Morgan fingerprint density at radius 2 is 2.42 bits per heavy atom. The van der Waals surface area contributed by atoms with E-state index in [0.717, 1.165) is 0 Å². The number of carbonyl (C=O) groups excluding carboxylic acids is 2. The molecule has 0 saturated carbocycles. The van der Waals surface area contributed by atoms with Gasteiger partial charge in [0.1, 0.15) is 0 Å². The number of carbonyl (C=O) groups is 2. The molecule has 1 aliphatic heterocycles. The average molecular weight is 171 g/mol. The van der Waals surface area contributed by atoms with Crippen LogP contribution in [0.3, 0.4) is 0 Å². The maximum absolute atomic E-state index is 11.2. The molecule has 12 heavy (non-hydrogen) atoms. The number of hydrogen-bond acceptors (Lipinski definition) is 3. The summed E-state index contributed by atoms with van der Waals surface area (Å²) in [4.78, 5) is 22.2. The van der Waals surface area contributed by atoms with Gasteiger partial charge in [0.15, 0.2) is 0 Å². The normalized spacial score (nSPS) is 28.3. The van der Waals surface area contributed by atoms with Gasteiger partial charge in [0.2, 0.25) is 5.91 Å². The van der Waals surface area contributed by atoms with Crippen LogP contribution in [0.2, 0.25) is 0 Å². The largest absolute Gasteiger partial charge is 0.466 e. The quantitative estimate of drug-likeness (QED) is 0.592. The molecule has 2 unspecified atom stereocenters. The monoisotopic (exact) mass is 171 g/mol. The van der Waals surface area contributed by atoms with E-state index in [1.807, 2.05) is 0 Å². The zero-order valence-corrected chi connectivity index (χ0v) is 7.29. The second kappa shape index (κ2) is 3.56. The van der Waals surface area contributed by atoms with Crippen molar-refractivity contribution >= 4 is 11.9 Å². The average Bonchev–Trinajstić information content (AvgIpc) is 2.34. The lowest BCUT2D eigenvalue weighted by atomic mass is 9.98. The summed E-state index contributed by atoms with van der Waals surface area (Å²) in [5.41, 5.74) is 0. The summed E-state index contributed by atoms with van der Waals surface area (Å²) >= 11 is 0. The van der Waals surface area contributed by atoms with Crippen molar-refractivity contribution in [2.45, 2.75) is 13.8 Å². The number of amides is 1. The maximum atomic E-state index is 11.2. The smallest absolute Gasteiger partial charge is 0.311 e. The second-order valence-corrected chi connectivity index (χ2v) is 2.89. The first kappa shape index (κ1) is 9.03. The van der Waals surface area contributed by atoms with Crippen LogP contribution in [0.25, 0.3) is 0 Å². The molecule has 0 aromatic carbocycles. The van der Waals surface area contributed by atoms with Crippen molar-refractivity contribution in [3.63, 3.8) is 0 Å². The number of esters is 1. The summed E-state index contributed by atoms with van der Waals surface area (Å²) in [5, 5.41) is 2.62. The molecule has 1 heterocycles. The summed E-state index contributed by atoms with van der Waals surface area (Å²) in [6.07, 6.45) is 0. The van der Waals surface area contributed by atoms with Gasteiger partial charge in [0.05, 0.1) is 18.4 Å². The first-order chi connectivity index (χ1) is 5.66. The summed E-state index contributed by atoms with van der Waals surface area (Å²) in [6, 6.07) is 0. The molecule has 1 N–H and O–H groups in total. The van der Waals surface area contributed by atoms with Gasteiger partial charge in [-0.25, -0.2) is 0 Å². The lowest BCUT2D eigenvalue weighted by Gasteiger charge is -2.09. The number of rotatable bonds is 2. The standard InChI is InChI=1S/C8H13NO3/c1-3-12-8(11)6-4-9-7(10)5(6)2/h5-6H,3-4H2,1-2H3,(H,9,10). The number of nitrogens with one attached hydrogen (secondary N) is 1. The van der Waals surface area contributed by atoms with E-state index in [4.69, 9.17) is 4.74 Å². The van der Waals surface area contributed by atoms with Gasteiger partial charge in [-0.1, -0.05) is 6.92 Å². The fourth-order valence-corrected chi connectivity index (χ4v) is 1.27. The molecule has 1 fully saturated rings. The van der Waals surface area contributed by atoms with E-state index in [0.29, 0.717) is 13.2 Å². The maximum Gasteiger partial charge on any atom is 0.311 e. The van der Waals surface area contributed by atoms with E-state index in [-0.39, 0.29) is 23.7 Å². The Balaban J connectivity index is 2.53. The van der Waals surface area contributed by atoms with Crippen LogP contribution in [0.15, 0.2) is 0 Å². The number of hydrogen-bond donors (Lipinski definition) is 1. The third-order valence-corrected chi connectivity index (χ3v) is 2.10. The molecule has 0 aromatic heterocycles. The lowest BCUT2D eigenvalue weighted by Crippen LogP contribution is -2.24. The van der Waals surface area contributed by atoms with E-state index in [9.17, 15) is 9.59 Å². The molecule has 1 aliphatic rings. The molecule has 4 heteroatoms. The highest BCUT2D eigenvalue weighted by Crippen LogP contribution is 2.18. The van der Waals surface area contributed by atoms with Crippen LogP contribution >= 0.6 is 0 Å². The van der Waals surface area contributed by atoms with Crippen molar-refractivity contribution in [2.24, 2.45) is 11.8 Å².